The number of ether oxygens (including phenoxy) is 1. The lowest BCUT2D eigenvalue weighted by Crippen LogP contribution is -2.16. The van der Waals surface area contributed by atoms with Gasteiger partial charge in [-0.25, -0.2) is 9.78 Å². The van der Waals surface area contributed by atoms with Gasteiger partial charge in [-0.15, -0.1) is 0 Å². The largest absolute Gasteiger partial charge is 0.456 e. The predicted molar refractivity (Wildman–Crippen MR) is 89.5 cm³/mol. The summed E-state index contributed by atoms with van der Waals surface area (Å²) in [7, 11) is 0. The van der Waals surface area contributed by atoms with E-state index >= 15 is 0 Å². The minimum Gasteiger partial charge on any atom is -0.456 e. The number of carbonyl (C=O) groups is 1. The van der Waals surface area contributed by atoms with Crippen molar-refractivity contribution in [1.29, 1.82) is 0 Å². The molecular formula is C17H15N3O3S. The molecule has 0 saturated heterocycles. The van der Waals surface area contributed by atoms with E-state index in [4.69, 9.17) is 4.74 Å². The first kappa shape index (κ1) is 15.0. The minimum atomic E-state index is -0.396. The average Bonchev–Trinajstić information content (AvgIpc) is 3.17. The molecule has 4 rings (SSSR count). The van der Waals surface area contributed by atoms with Crippen molar-refractivity contribution in [3.63, 3.8) is 0 Å². The third-order valence-corrected chi connectivity index (χ3v) is 4.91. The van der Waals surface area contributed by atoms with Crippen molar-refractivity contribution in [3.05, 3.63) is 62.0 Å². The summed E-state index contributed by atoms with van der Waals surface area (Å²) in [6.45, 7) is 1.78. The lowest BCUT2D eigenvalue weighted by Gasteiger charge is -2.06. The minimum absolute atomic E-state index is 0.0292. The van der Waals surface area contributed by atoms with Gasteiger partial charge in [0.25, 0.3) is 5.56 Å². The second kappa shape index (κ2) is 5.83. The molecule has 0 atom stereocenters. The molecule has 3 aromatic rings. The molecule has 0 N–H and O–H groups in total. The first-order valence-corrected chi connectivity index (χ1v) is 8.57. The number of aryl methyl sites for hydroxylation is 3. The van der Waals surface area contributed by atoms with Crippen LogP contribution in [-0.2, 0) is 24.2 Å². The molecular weight excluding hydrogens is 326 g/mol. The summed E-state index contributed by atoms with van der Waals surface area (Å²) in [5.41, 5.74) is 3.24. The fraction of sp³-hybridized carbons (Fsp3) is 0.294. The number of rotatable bonds is 3. The molecule has 7 heteroatoms. The third kappa shape index (κ3) is 2.71. The smallest absolute Gasteiger partial charge is 0.338 e. The van der Waals surface area contributed by atoms with Crippen molar-refractivity contribution in [3.8, 4) is 0 Å². The van der Waals surface area contributed by atoms with Gasteiger partial charge in [0.05, 0.1) is 11.3 Å². The zero-order valence-corrected chi connectivity index (χ0v) is 13.9. The fourth-order valence-electron chi connectivity index (χ4n) is 2.95. The normalized spacial score (nSPS) is 13.2. The maximum atomic E-state index is 12.2. The first-order chi connectivity index (χ1) is 11.6. The molecule has 0 aliphatic heterocycles. The zero-order valence-electron chi connectivity index (χ0n) is 13.1. The van der Waals surface area contributed by atoms with Crippen LogP contribution in [0, 0.1) is 6.92 Å². The Balaban J connectivity index is 1.52. The maximum absolute atomic E-state index is 12.2. The molecule has 1 aliphatic carbocycles. The molecule has 0 radical (unpaired) electrons. The highest BCUT2D eigenvalue weighted by Gasteiger charge is 2.15. The van der Waals surface area contributed by atoms with E-state index in [1.165, 1.54) is 33.0 Å². The Morgan fingerprint density at radius 1 is 1.29 bits per heavy atom. The van der Waals surface area contributed by atoms with E-state index < -0.39 is 5.97 Å². The van der Waals surface area contributed by atoms with E-state index in [9.17, 15) is 9.59 Å². The van der Waals surface area contributed by atoms with E-state index in [1.54, 1.807) is 6.07 Å². The van der Waals surface area contributed by atoms with Gasteiger partial charge in [-0.05, 0) is 49.4 Å². The fourth-order valence-corrected chi connectivity index (χ4v) is 3.71. The lowest BCUT2D eigenvalue weighted by molar-refractivity contribution is 0.0467. The SMILES string of the molecule is Cc1nn2c(=O)cc(COC(=O)c3ccc4c(c3)CCC4)nc2s1. The van der Waals surface area contributed by atoms with Crippen molar-refractivity contribution in [2.45, 2.75) is 32.8 Å². The van der Waals surface area contributed by atoms with Gasteiger partial charge in [0.1, 0.15) is 11.6 Å². The van der Waals surface area contributed by atoms with Crippen LogP contribution in [-0.4, -0.2) is 20.6 Å². The van der Waals surface area contributed by atoms with Crippen LogP contribution in [0.4, 0.5) is 0 Å². The lowest BCUT2D eigenvalue weighted by atomic mass is 10.1. The van der Waals surface area contributed by atoms with E-state index in [0.717, 1.165) is 24.3 Å². The van der Waals surface area contributed by atoms with Gasteiger partial charge < -0.3 is 4.74 Å². The molecule has 0 saturated carbocycles. The van der Waals surface area contributed by atoms with Gasteiger partial charge in [0, 0.05) is 6.07 Å². The monoisotopic (exact) mass is 341 g/mol. The Kier molecular flexibility index (Phi) is 3.65. The number of carbonyl (C=O) groups excluding carboxylic acids is 1. The molecule has 2 aromatic heterocycles. The average molecular weight is 341 g/mol. The molecule has 1 aliphatic rings. The molecule has 0 amide bonds. The number of fused-ring (bicyclic) bond motifs is 2. The van der Waals surface area contributed by atoms with Crippen molar-refractivity contribution < 1.29 is 9.53 Å². The van der Waals surface area contributed by atoms with Crippen LogP contribution in [0.5, 0.6) is 0 Å². The summed E-state index contributed by atoms with van der Waals surface area (Å²) >= 11 is 1.32. The van der Waals surface area contributed by atoms with E-state index in [2.05, 4.69) is 10.1 Å². The molecule has 6 nitrogen and oxygen atoms in total. The Bertz CT molecular complexity index is 1010. The number of nitrogens with zero attached hydrogens (tertiary/aromatic N) is 3. The summed E-state index contributed by atoms with van der Waals surface area (Å²) in [4.78, 5) is 29.0. The molecule has 0 unspecified atom stereocenters. The van der Waals surface area contributed by atoms with Crippen molar-refractivity contribution in [2.75, 3.05) is 0 Å². The van der Waals surface area contributed by atoms with E-state index in [1.807, 2.05) is 19.1 Å². The molecule has 0 bridgehead atoms. The van der Waals surface area contributed by atoms with Gasteiger partial charge >= 0.3 is 5.97 Å². The highest BCUT2D eigenvalue weighted by atomic mass is 32.1. The molecule has 24 heavy (non-hydrogen) atoms. The van der Waals surface area contributed by atoms with Gasteiger partial charge in [-0.1, -0.05) is 17.4 Å². The summed E-state index contributed by atoms with van der Waals surface area (Å²) < 4.78 is 6.58. The van der Waals surface area contributed by atoms with Crippen LogP contribution in [0.1, 0.15) is 38.6 Å². The van der Waals surface area contributed by atoms with Crippen molar-refractivity contribution in [2.24, 2.45) is 0 Å². The number of hydrogen-bond donors (Lipinski definition) is 0. The summed E-state index contributed by atoms with van der Waals surface area (Å²) in [6, 6.07) is 7.05. The number of benzene rings is 1. The third-order valence-electron chi connectivity index (χ3n) is 4.08. The van der Waals surface area contributed by atoms with Gasteiger partial charge in [0.15, 0.2) is 0 Å². The Labute approximate surface area is 141 Å². The topological polar surface area (TPSA) is 73.6 Å². The van der Waals surface area contributed by atoms with Crippen LogP contribution in [0.2, 0.25) is 0 Å². The highest BCUT2D eigenvalue weighted by Crippen LogP contribution is 2.23. The van der Waals surface area contributed by atoms with Crippen molar-refractivity contribution in [1.82, 2.24) is 14.6 Å². The molecule has 122 valence electrons. The molecule has 0 fully saturated rings. The second-order valence-corrected chi connectivity index (χ2v) is 6.97. The summed E-state index contributed by atoms with van der Waals surface area (Å²) in [5.74, 6) is -0.396. The number of hydrogen-bond acceptors (Lipinski definition) is 6. The predicted octanol–water partition coefficient (Wildman–Crippen LogP) is 2.31. The van der Waals surface area contributed by atoms with Gasteiger partial charge in [0.2, 0.25) is 4.96 Å². The van der Waals surface area contributed by atoms with Crippen LogP contribution in [0.25, 0.3) is 4.96 Å². The van der Waals surface area contributed by atoms with E-state index in [0.29, 0.717) is 16.2 Å². The Morgan fingerprint density at radius 3 is 3.00 bits per heavy atom. The zero-order chi connectivity index (χ0) is 16.7. The van der Waals surface area contributed by atoms with E-state index in [-0.39, 0.29) is 12.2 Å². The number of aromatic nitrogens is 3. The summed E-state index contributed by atoms with van der Waals surface area (Å²) in [5, 5.41) is 4.84. The highest BCUT2D eigenvalue weighted by molar-refractivity contribution is 7.16. The van der Waals surface area contributed by atoms with Crippen LogP contribution in [0.3, 0.4) is 0 Å². The molecule has 2 heterocycles. The Hall–Kier alpha value is -2.54. The number of esters is 1. The maximum Gasteiger partial charge on any atom is 0.338 e. The van der Waals surface area contributed by atoms with Crippen molar-refractivity contribution >= 4 is 22.3 Å². The quantitative estimate of drug-likeness (QED) is 0.684. The van der Waals surface area contributed by atoms with Gasteiger partial charge in [-0.2, -0.15) is 9.61 Å². The second-order valence-electron chi connectivity index (χ2n) is 5.81. The summed E-state index contributed by atoms with van der Waals surface area (Å²) in [6.07, 6.45) is 3.22. The molecule has 0 spiro atoms. The first-order valence-electron chi connectivity index (χ1n) is 7.75. The van der Waals surface area contributed by atoms with Crippen LogP contribution in [0.15, 0.2) is 29.1 Å². The van der Waals surface area contributed by atoms with Gasteiger partial charge in [-0.3, -0.25) is 4.79 Å². The van der Waals surface area contributed by atoms with Crippen LogP contribution < -0.4 is 5.56 Å². The molecule has 1 aromatic carbocycles. The van der Waals surface area contributed by atoms with Crippen LogP contribution >= 0.6 is 11.3 Å². The standard InChI is InChI=1S/C17H15N3O3S/c1-10-19-20-15(21)8-14(18-17(20)24-10)9-23-16(22)13-6-5-11-3-2-4-12(11)7-13/h5-8H,2-4,9H2,1H3. The Morgan fingerprint density at radius 2 is 2.12 bits per heavy atom.